The van der Waals surface area contributed by atoms with Crippen LogP contribution in [0.4, 0.5) is 5.82 Å². The van der Waals surface area contributed by atoms with E-state index < -0.39 is 0 Å². The molecule has 6 nitrogen and oxygen atoms in total. The Morgan fingerprint density at radius 3 is 2.95 bits per heavy atom. The van der Waals surface area contributed by atoms with Gasteiger partial charge in [-0.1, -0.05) is 13.8 Å². The lowest BCUT2D eigenvalue weighted by atomic mass is 10.2. The zero-order valence-corrected chi connectivity index (χ0v) is 13.0. The lowest BCUT2D eigenvalue weighted by molar-refractivity contribution is 0.487. The molecular formula is C16H20N6. The van der Waals surface area contributed by atoms with E-state index in [1.807, 2.05) is 18.5 Å². The highest BCUT2D eigenvalue weighted by atomic mass is 15.3. The zero-order chi connectivity index (χ0) is 15.5. The van der Waals surface area contributed by atoms with E-state index in [9.17, 15) is 0 Å². The van der Waals surface area contributed by atoms with Crippen molar-refractivity contribution in [2.45, 2.75) is 39.3 Å². The van der Waals surface area contributed by atoms with Crippen LogP contribution in [-0.4, -0.2) is 26.3 Å². The molecule has 22 heavy (non-hydrogen) atoms. The van der Waals surface area contributed by atoms with E-state index in [-0.39, 0.29) is 6.04 Å². The van der Waals surface area contributed by atoms with Gasteiger partial charge < -0.3 is 9.47 Å². The predicted octanol–water partition coefficient (Wildman–Crippen LogP) is 2.54. The first kappa shape index (κ1) is 14.5. The first-order valence-corrected chi connectivity index (χ1v) is 7.69. The molecule has 0 radical (unpaired) electrons. The van der Waals surface area contributed by atoms with Gasteiger partial charge in [0.25, 0.3) is 0 Å². The Kier molecular flexibility index (Phi) is 4.05. The Morgan fingerprint density at radius 2 is 2.27 bits per heavy atom. The van der Waals surface area contributed by atoms with Gasteiger partial charge in [-0.25, -0.2) is 4.98 Å². The second-order valence-corrected chi connectivity index (χ2v) is 6.10. The smallest absolute Gasteiger partial charge is 0.155 e. The number of rotatable bonds is 4. The van der Waals surface area contributed by atoms with Crippen LogP contribution in [0.3, 0.4) is 0 Å². The molecule has 1 atom stereocenters. The van der Waals surface area contributed by atoms with Gasteiger partial charge in [0.05, 0.1) is 11.6 Å². The molecule has 0 N–H and O–H groups in total. The summed E-state index contributed by atoms with van der Waals surface area (Å²) in [6, 6.07) is 6.05. The molecule has 1 saturated heterocycles. The highest BCUT2D eigenvalue weighted by Gasteiger charge is 2.30. The average Bonchev–Trinajstić information content (AvgIpc) is 3.15. The number of anilines is 1. The molecule has 0 bridgehead atoms. The van der Waals surface area contributed by atoms with Crippen LogP contribution in [0.5, 0.6) is 0 Å². The van der Waals surface area contributed by atoms with E-state index in [1.165, 1.54) is 0 Å². The van der Waals surface area contributed by atoms with Gasteiger partial charge in [0.15, 0.2) is 5.82 Å². The van der Waals surface area contributed by atoms with Crippen LogP contribution in [0, 0.1) is 17.2 Å². The number of nitriles is 1. The van der Waals surface area contributed by atoms with Crippen LogP contribution in [0.25, 0.3) is 0 Å². The Hall–Kier alpha value is -2.42. The summed E-state index contributed by atoms with van der Waals surface area (Å²) in [5.74, 6) is 2.47. The van der Waals surface area contributed by atoms with E-state index in [0.29, 0.717) is 11.5 Å². The lowest BCUT2D eigenvalue weighted by Crippen LogP contribution is -2.26. The van der Waals surface area contributed by atoms with Gasteiger partial charge >= 0.3 is 0 Å². The highest BCUT2D eigenvalue weighted by molar-refractivity contribution is 5.44. The molecular weight excluding hydrogens is 276 g/mol. The molecule has 2 aromatic rings. The third kappa shape index (κ3) is 2.80. The Morgan fingerprint density at radius 1 is 1.41 bits per heavy atom. The second kappa shape index (κ2) is 6.14. The van der Waals surface area contributed by atoms with E-state index >= 15 is 0 Å². The summed E-state index contributed by atoms with van der Waals surface area (Å²) >= 11 is 0. The summed E-state index contributed by atoms with van der Waals surface area (Å²) in [6.07, 6.45) is 5.61. The van der Waals surface area contributed by atoms with Gasteiger partial charge in [-0.2, -0.15) is 5.26 Å². The zero-order valence-electron chi connectivity index (χ0n) is 13.0. The van der Waals surface area contributed by atoms with Crippen molar-refractivity contribution < 1.29 is 0 Å². The minimum Gasteiger partial charge on any atom is -0.346 e. The van der Waals surface area contributed by atoms with Crippen molar-refractivity contribution in [2.24, 2.45) is 5.92 Å². The summed E-state index contributed by atoms with van der Waals surface area (Å²) in [4.78, 5) is 6.69. The van der Waals surface area contributed by atoms with Crippen molar-refractivity contribution >= 4 is 5.82 Å². The topological polar surface area (TPSA) is 70.6 Å². The molecule has 1 aliphatic rings. The molecule has 0 saturated carbocycles. The first-order chi connectivity index (χ1) is 10.7. The largest absolute Gasteiger partial charge is 0.346 e. The number of hydrogen-bond acceptors (Lipinski definition) is 5. The molecule has 114 valence electrons. The summed E-state index contributed by atoms with van der Waals surface area (Å²) in [7, 11) is 0. The van der Waals surface area contributed by atoms with E-state index in [2.05, 4.69) is 44.6 Å². The molecule has 0 aliphatic carbocycles. The maximum Gasteiger partial charge on any atom is 0.155 e. The van der Waals surface area contributed by atoms with Crippen LogP contribution < -0.4 is 4.90 Å². The molecule has 2 aromatic heterocycles. The van der Waals surface area contributed by atoms with Gasteiger partial charge in [0.2, 0.25) is 0 Å². The lowest BCUT2D eigenvalue weighted by Gasteiger charge is -2.25. The first-order valence-electron chi connectivity index (χ1n) is 7.69. The third-order valence-corrected chi connectivity index (χ3v) is 3.93. The molecule has 0 amide bonds. The van der Waals surface area contributed by atoms with Crippen LogP contribution in [0.15, 0.2) is 24.7 Å². The number of nitrogens with zero attached hydrogens (tertiary/aromatic N) is 6. The third-order valence-electron chi connectivity index (χ3n) is 3.93. The number of hydrogen-bond donors (Lipinski definition) is 0. The highest BCUT2D eigenvalue weighted by Crippen LogP contribution is 2.34. The summed E-state index contributed by atoms with van der Waals surface area (Å²) < 4.78 is 2.15. The average molecular weight is 296 g/mol. The number of pyridine rings is 1. The van der Waals surface area contributed by atoms with Gasteiger partial charge in [0.1, 0.15) is 18.2 Å². The van der Waals surface area contributed by atoms with Crippen molar-refractivity contribution in [1.82, 2.24) is 19.7 Å². The molecule has 1 unspecified atom stereocenters. The standard InChI is InChI=1S/C16H20N6/c1-12(2)10-21-11-19-20-16(21)14-4-3-7-22(14)15-6-5-13(8-17)9-18-15/h5-6,9,11-12,14H,3-4,7,10H2,1-2H3. The van der Waals surface area contributed by atoms with Crippen molar-refractivity contribution in [1.29, 1.82) is 5.26 Å². The van der Waals surface area contributed by atoms with E-state index in [1.54, 1.807) is 6.20 Å². The minimum atomic E-state index is 0.210. The number of aromatic nitrogens is 4. The quantitative estimate of drug-likeness (QED) is 0.867. The monoisotopic (exact) mass is 296 g/mol. The molecule has 1 aliphatic heterocycles. The fourth-order valence-electron chi connectivity index (χ4n) is 2.99. The summed E-state index contributed by atoms with van der Waals surface area (Å²) in [5, 5.41) is 17.3. The minimum absolute atomic E-state index is 0.210. The maximum absolute atomic E-state index is 8.89. The van der Waals surface area contributed by atoms with Crippen molar-refractivity contribution in [3.05, 3.63) is 36.0 Å². The maximum atomic E-state index is 8.89. The van der Waals surface area contributed by atoms with Crippen molar-refractivity contribution in [3.8, 4) is 6.07 Å². The molecule has 0 spiro atoms. The van der Waals surface area contributed by atoms with Crippen LogP contribution in [0.2, 0.25) is 0 Å². The normalized spacial score (nSPS) is 17.9. The Bertz CT molecular complexity index is 667. The van der Waals surface area contributed by atoms with Crippen molar-refractivity contribution in [2.75, 3.05) is 11.4 Å². The van der Waals surface area contributed by atoms with Gasteiger partial charge in [-0.3, -0.25) is 0 Å². The van der Waals surface area contributed by atoms with Gasteiger partial charge in [0, 0.05) is 19.3 Å². The fraction of sp³-hybridized carbons (Fsp3) is 0.500. The molecule has 3 heterocycles. The molecule has 1 fully saturated rings. The Labute approximate surface area is 130 Å². The predicted molar refractivity (Wildman–Crippen MR) is 83.1 cm³/mol. The summed E-state index contributed by atoms with van der Waals surface area (Å²) in [5.41, 5.74) is 0.586. The van der Waals surface area contributed by atoms with Crippen LogP contribution >= 0.6 is 0 Å². The molecule has 0 aromatic carbocycles. The van der Waals surface area contributed by atoms with E-state index in [4.69, 9.17) is 5.26 Å². The second-order valence-electron chi connectivity index (χ2n) is 6.10. The Balaban J connectivity index is 1.87. The molecule has 6 heteroatoms. The van der Waals surface area contributed by atoms with Crippen LogP contribution in [0.1, 0.15) is 44.1 Å². The van der Waals surface area contributed by atoms with Gasteiger partial charge in [-0.05, 0) is 30.9 Å². The fourth-order valence-corrected chi connectivity index (χ4v) is 2.99. The SMILES string of the molecule is CC(C)Cn1cnnc1C1CCCN1c1ccc(C#N)cn1. The molecule has 3 rings (SSSR count). The summed E-state index contributed by atoms with van der Waals surface area (Å²) in [6.45, 7) is 6.27. The van der Waals surface area contributed by atoms with Crippen molar-refractivity contribution in [3.63, 3.8) is 0 Å². The van der Waals surface area contributed by atoms with Gasteiger partial charge in [-0.15, -0.1) is 10.2 Å². The van der Waals surface area contributed by atoms with Crippen LogP contribution in [-0.2, 0) is 6.54 Å². The van der Waals surface area contributed by atoms with E-state index in [0.717, 1.165) is 37.6 Å².